The van der Waals surface area contributed by atoms with E-state index in [1.54, 1.807) is 12.5 Å². The average Bonchev–Trinajstić information content (AvgIpc) is 2.73. The predicted molar refractivity (Wildman–Crippen MR) is 59.9 cm³/mol. The Balaban J connectivity index is 2.29. The number of fused-ring (bicyclic) bond motifs is 1. The molecule has 0 bridgehead atoms. The van der Waals surface area contributed by atoms with Gasteiger partial charge in [-0.25, -0.2) is 9.97 Å². The maximum absolute atomic E-state index is 4.29. The Morgan fingerprint density at radius 3 is 3.07 bits per heavy atom. The van der Waals surface area contributed by atoms with E-state index in [1.165, 1.54) is 12.8 Å². The molecule has 0 saturated carbocycles. The number of nitrogens with one attached hydrogen (secondary N) is 1. The van der Waals surface area contributed by atoms with Gasteiger partial charge in [-0.2, -0.15) is 5.10 Å². The lowest BCUT2D eigenvalue weighted by Gasteiger charge is -2.17. The highest BCUT2D eigenvalue weighted by Gasteiger charge is 2.08. The van der Waals surface area contributed by atoms with E-state index in [0.717, 1.165) is 23.4 Å². The third-order valence-corrected chi connectivity index (χ3v) is 2.44. The molecule has 0 radical (unpaired) electrons. The summed E-state index contributed by atoms with van der Waals surface area (Å²) in [5, 5.41) is 7.80. The second-order valence-electron chi connectivity index (χ2n) is 3.60. The van der Waals surface area contributed by atoms with Gasteiger partial charge in [-0.1, -0.05) is 13.3 Å². The zero-order chi connectivity index (χ0) is 10.7. The number of anilines is 1. The fraction of sp³-hybridized carbons (Fsp3) is 0.500. The minimum atomic E-state index is 0.795. The van der Waals surface area contributed by atoms with Gasteiger partial charge in [-0.3, -0.25) is 5.10 Å². The molecule has 0 atom stereocenters. The summed E-state index contributed by atoms with van der Waals surface area (Å²) in [7, 11) is 2.05. The predicted octanol–water partition coefficient (Wildman–Crippen LogP) is 1.59. The number of aromatic nitrogens is 4. The monoisotopic (exact) mass is 205 g/mol. The first-order chi connectivity index (χ1) is 7.33. The molecule has 5 nitrogen and oxygen atoms in total. The minimum Gasteiger partial charge on any atom is -0.359 e. The van der Waals surface area contributed by atoms with Gasteiger partial charge in [0.1, 0.15) is 12.1 Å². The third-order valence-electron chi connectivity index (χ3n) is 2.44. The highest BCUT2D eigenvalue weighted by molar-refractivity contribution is 5.85. The zero-order valence-corrected chi connectivity index (χ0v) is 9.06. The van der Waals surface area contributed by atoms with Crippen LogP contribution in [0.4, 0.5) is 5.82 Å². The fourth-order valence-electron chi connectivity index (χ4n) is 1.56. The molecular formula is C10H15N5. The number of nitrogens with zero attached hydrogens (tertiary/aromatic N) is 4. The molecule has 2 aromatic rings. The number of hydrogen-bond donors (Lipinski definition) is 1. The van der Waals surface area contributed by atoms with E-state index >= 15 is 0 Å². The van der Waals surface area contributed by atoms with Crippen molar-refractivity contribution < 1.29 is 0 Å². The van der Waals surface area contributed by atoms with Crippen LogP contribution in [0.15, 0.2) is 12.5 Å². The molecule has 0 aliphatic heterocycles. The van der Waals surface area contributed by atoms with Crippen LogP contribution in [0.25, 0.3) is 11.0 Å². The molecule has 1 N–H and O–H groups in total. The Labute approximate surface area is 88.5 Å². The van der Waals surface area contributed by atoms with E-state index in [4.69, 9.17) is 0 Å². The van der Waals surface area contributed by atoms with Gasteiger partial charge in [0.25, 0.3) is 0 Å². The lowest BCUT2D eigenvalue weighted by Crippen LogP contribution is -2.19. The first kappa shape index (κ1) is 9.89. The largest absolute Gasteiger partial charge is 0.359 e. The first-order valence-corrected chi connectivity index (χ1v) is 5.18. The average molecular weight is 205 g/mol. The van der Waals surface area contributed by atoms with E-state index in [9.17, 15) is 0 Å². The molecule has 0 fully saturated rings. The van der Waals surface area contributed by atoms with Gasteiger partial charge in [-0.15, -0.1) is 0 Å². The highest BCUT2D eigenvalue weighted by atomic mass is 15.2. The van der Waals surface area contributed by atoms with Crippen LogP contribution in [-0.4, -0.2) is 33.8 Å². The molecule has 0 spiro atoms. The van der Waals surface area contributed by atoms with Crippen molar-refractivity contribution in [3.05, 3.63) is 12.5 Å². The van der Waals surface area contributed by atoms with Crippen molar-refractivity contribution >= 4 is 16.9 Å². The Hall–Kier alpha value is -1.65. The summed E-state index contributed by atoms with van der Waals surface area (Å²) in [6, 6.07) is 0. The number of aromatic amines is 1. The fourth-order valence-corrected chi connectivity index (χ4v) is 1.56. The van der Waals surface area contributed by atoms with Gasteiger partial charge in [0.2, 0.25) is 0 Å². The van der Waals surface area contributed by atoms with Crippen LogP contribution >= 0.6 is 0 Å². The standard InChI is InChI=1S/C10H15N5/c1-3-4-5-15(2)10-8-6-13-14-9(8)11-7-12-10/h6-7H,3-5H2,1-2H3,(H,11,12,13,14). The summed E-state index contributed by atoms with van der Waals surface area (Å²) in [6.07, 6.45) is 5.69. The molecule has 0 saturated heterocycles. The quantitative estimate of drug-likeness (QED) is 0.823. The Kier molecular flexibility index (Phi) is 2.80. The molecule has 0 amide bonds. The van der Waals surface area contributed by atoms with Crippen LogP contribution in [0.3, 0.4) is 0 Å². The van der Waals surface area contributed by atoms with Crippen LogP contribution in [0.1, 0.15) is 19.8 Å². The van der Waals surface area contributed by atoms with Crippen molar-refractivity contribution in [2.45, 2.75) is 19.8 Å². The smallest absolute Gasteiger partial charge is 0.160 e. The van der Waals surface area contributed by atoms with E-state index < -0.39 is 0 Å². The van der Waals surface area contributed by atoms with Crippen molar-refractivity contribution in [1.82, 2.24) is 20.2 Å². The maximum Gasteiger partial charge on any atom is 0.160 e. The Morgan fingerprint density at radius 1 is 1.40 bits per heavy atom. The highest BCUT2D eigenvalue weighted by Crippen LogP contribution is 2.19. The molecule has 0 aliphatic rings. The summed E-state index contributed by atoms with van der Waals surface area (Å²) < 4.78 is 0. The lowest BCUT2D eigenvalue weighted by molar-refractivity contribution is 0.761. The van der Waals surface area contributed by atoms with Crippen LogP contribution < -0.4 is 4.90 Å². The summed E-state index contributed by atoms with van der Waals surface area (Å²) in [6.45, 7) is 3.19. The minimum absolute atomic E-state index is 0.795. The topological polar surface area (TPSA) is 57.7 Å². The van der Waals surface area contributed by atoms with E-state index in [0.29, 0.717) is 0 Å². The summed E-state index contributed by atoms with van der Waals surface area (Å²) in [4.78, 5) is 10.5. The van der Waals surface area contributed by atoms with E-state index in [1.807, 2.05) is 7.05 Å². The van der Waals surface area contributed by atoms with Crippen LogP contribution in [0, 0.1) is 0 Å². The summed E-state index contributed by atoms with van der Waals surface area (Å²) in [5.41, 5.74) is 0.795. The molecule has 0 aliphatic carbocycles. The van der Waals surface area contributed by atoms with Crippen molar-refractivity contribution in [1.29, 1.82) is 0 Å². The molecule has 5 heteroatoms. The molecular weight excluding hydrogens is 190 g/mol. The van der Waals surface area contributed by atoms with Crippen molar-refractivity contribution in [2.24, 2.45) is 0 Å². The number of H-pyrrole nitrogens is 1. The van der Waals surface area contributed by atoms with Crippen molar-refractivity contribution in [3.8, 4) is 0 Å². The molecule has 80 valence electrons. The van der Waals surface area contributed by atoms with Gasteiger partial charge in [-0.05, 0) is 6.42 Å². The second kappa shape index (κ2) is 4.25. The zero-order valence-electron chi connectivity index (χ0n) is 9.06. The molecule has 0 unspecified atom stereocenters. The van der Waals surface area contributed by atoms with Crippen LogP contribution in [0.5, 0.6) is 0 Å². The normalized spacial score (nSPS) is 10.8. The summed E-state index contributed by atoms with van der Waals surface area (Å²) in [5.74, 6) is 0.946. The van der Waals surface area contributed by atoms with Gasteiger partial charge in [0.05, 0.1) is 11.6 Å². The van der Waals surface area contributed by atoms with Crippen LogP contribution in [0.2, 0.25) is 0 Å². The van der Waals surface area contributed by atoms with Gasteiger partial charge >= 0.3 is 0 Å². The Morgan fingerprint density at radius 2 is 2.27 bits per heavy atom. The maximum atomic E-state index is 4.29. The number of rotatable bonds is 4. The third kappa shape index (κ3) is 1.91. The number of unbranched alkanes of at least 4 members (excludes halogenated alkanes) is 1. The van der Waals surface area contributed by atoms with E-state index in [2.05, 4.69) is 32.0 Å². The molecule has 2 aromatic heterocycles. The van der Waals surface area contributed by atoms with Gasteiger partial charge in [0.15, 0.2) is 5.65 Å². The van der Waals surface area contributed by atoms with Gasteiger partial charge < -0.3 is 4.90 Å². The second-order valence-corrected chi connectivity index (χ2v) is 3.60. The SMILES string of the molecule is CCCCN(C)c1ncnc2[nH]ncc12. The number of hydrogen-bond acceptors (Lipinski definition) is 4. The molecule has 15 heavy (non-hydrogen) atoms. The first-order valence-electron chi connectivity index (χ1n) is 5.18. The summed E-state index contributed by atoms with van der Waals surface area (Å²) >= 11 is 0. The lowest BCUT2D eigenvalue weighted by atomic mass is 10.3. The van der Waals surface area contributed by atoms with Crippen molar-refractivity contribution in [3.63, 3.8) is 0 Å². The van der Waals surface area contributed by atoms with Gasteiger partial charge in [0, 0.05) is 13.6 Å². The van der Waals surface area contributed by atoms with Crippen molar-refractivity contribution in [2.75, 3.05) is 18.5 Å². The Bertz CT molecular complexity index is 436. The molecule has 2 rings (SSSR count). The van der Waals surface area contributed by atoms with E-state index in [-0.39, 0.29) is 0 Å². The molecule has 2 heterocycles. The van der Waals surface area contributed by atoms with Crippen LogP contribution in [-0.2, 0) is 0 Å². The molecule has 0 aromatic carbocycles.